The van der Waals surface area contributed by atoms with Gasteiger partial charge in [0.05, 0.1) is 0 Å². The Hall–Kier alpha value is -1.06. The molecule has 1 aromatic carbocycles. The Kier molecular flexibility index (Phi) is 6.16. The Morgan fingerprint density at radius 2 is 1.67 bits per heavy atom. The molecule has 0 atom stereocenters. The van der Waals surface area contributed by atoms with Gasteiger partial charge in [-0.3, -0.25) is 0 Å². The van der Waals surface area contributed by atoms with Crippen LogP contribution < -0.4 is 4.43 Å². The molecule has 3 heteroatoms. The molecule has 0 bridgehead atoms. The minimum absolute atomic E-state index is 0.913. The molecule has 0 amide bonds. The molecule has 0 radical (unpaired) electrons. The summed E-state index contributed by atoms with van der Waals surface area (Å²) >= 11 is 0. The van der Waals surface area contributed by atoms with Gasteiger partial charge in [-0.25, -0.2) is 0 Å². The van der Waals surface area contributed by atoms with Crippen molar-refractivity contribution in [3.05, 3.63) is 36.4 Å². The SMILES string of the molecule is C=Cc1ccc(O[Si](CCC)(CCC)OC)cc1. The third-order valence-electron chi connectivity index (χ3n) is 3.05. The molecule has 0 heterocycles. The van der Waals surface area contributed by atoms with Gasteiger partial charge in [0.1, 0.15) is 5.75 Å². The summed E-state index contributed by atoms with van der Waals surface area (Å²) in [6.45, 7) is 8.12. The molecule has 0 N–H and O–H groups in total. The van der Waals surface area contributed by atoms with Crippen LogP contribution in [0.1, 0.15) is 32.3 Å². The molecule has 18 heavy (non-hydrogen) atoms. The van der Waals surface area contributed by atoms with Gasteiger partial charge in [-0.2, -0.15) is 0 Å². The van der Waals surface area contributed by atoms with E-state index in [2.05, 4.69) is 20.4 Å². The molecule has 0 spiro atoms. The van der Waals surface area contributed by atoms with Crippen molar-refractivity contribution in [1.82, 2.24) is 0 Å². The summed E-state index contributed by atoms with van der Waals surface area (Å²) in [5.41, 5.74) is 1.11. The topological polar surface area (TPSA) is 18.5 Å². The largest absolute Gasteiger partial charge is 0.520 e. The molecule has 0 aliphatic carbocycles. The summed E-state index contributed by atoms with van der Waals surface area (Å²) in [5, 5.41) is 0. The van der Waals surface area contributed by atoms with Crippen molar-refractivity contribution in [1.29, 1.82) is 0 Å². The van der Waals surface area contributed by atoms with E-state index in [1.165, 1.54) is 0 Å². The standard InChI is InChI=1S/C15H24O2Si/c1-5-12-18(16-4,13-6-2)17-15-10-8-14(7-3)9-11-15/h7-11H,3,5-6,12-13H2,1-2,4H3. The van der Waals surface area contributed by atoms with E-state index in [1.807, 2.05) is 30.3 Å². The lowest BCUT2D eigenvalue weighted by atomic mass is 10.2. The average molecular weight is 264 g/mol. The lowest BCUT2D eigenvalue weighted by Gasteiger charge is -2.29. The van der Waals surface area contributed by atoms with Crippen LogP contribution in [0.5, 0.6) is 5.75 Å². The van der Waals surface area contributed by atoms with Gasteiger partial charge >= 0.3 is 8.56 Å². The van der Waals surface area contributed by atoms with Crippen LogP contribution in [0.15, 0.2) is 30.8 Å². The zero-order valence-corrected chi connectivity index (χ0v) is 12.7. The normalized spacial score (nSPS) is 11.3. The van der Waals surface area contributed by atoms with E-state index in [9.17, 15) is 0 Å². The lowest BCUT2D eigenvalue weighted by Crippen LogP contribution is -2.44. The quantitative estimate of drug-likeness (QED) is 0.638. The summed E-state index contributed by atoms with van der Waals surface area (Å²) < 4.78 is 12.0. The monoisotopic (exact) mass is 264 g/mol. The third-order valence-corrected chi connectivity index (χ3v) is 6.93. The molecule has 1 aromatic rings. The fraction of sp³-hybridized carbons (Fsp3) is 0.467. The molecule has 0 fully saturated rings. The first kappa shape index (κ1) is 15.0. The van der Waals surface area contributed by atoms with E-state index in [-0.39, 0.29) is 0 Å². The van der Waals surface area contributed by atoms with Gasteiger partial charge in [-0.1, -0.05) is 51.5 Å². The molecule has 0 aromatic heterocycles. The van der Waals surface area contributed by atoms with Gasteiger partial charge in [-0.15, -0.1) is 0 Å². The van der Waals surface area contributed by atoms with Gasteiger partial charge in [0.2, 0.25) is 0 Å². The van der Waals surface area contributed by atoms with Gasteiger partial charge in [0.25, 0.3) is 0 Å². The molecule has 0 aliphatic heterocycles. The van der Waals surface area contributed by atoms with Crippen LogP contribution >= 0.6 is 0 Å². The second-order valence-electron chi connectivity index (χ2n) is 4.49. The summed E-state index contributed by atoms with van der Waals surface area (Å²) in [7, 11) is -0.276. The molecule has 2 nitrogen and oxygen atoms in total. The molecule has 100 valence electrons. The van der Waals surface area contributed by atoms with E-state index in [0.717, 1.165) is 36.2 Å². The Morgan fingerprint density at radius 1 is 1.11 bits per heavy atom. The average Bonchev–Trinajstić information content (AvgIpc) is 2.40. The van der Waals surface area contributed by atoms with Crippen LogP contribution in [0.4, 0.5) is 0 Å². The first-order valence-corrected chi connectivity index (χ1v) is 8.89. The maximum absolute atomic E-state index is 6.21. The predicted octanol–water partition coefficient (Wildman–Crippen LogP) is 4.62. The highest BCUT2D eigenvalue weighted by atomic mass is 28.4. The first-order valence-electron chi connectivity index (χ1n) is 6.66. The van der Waals surface area contributed by atoms with Gasteiger partial charge in [0, 0.05) is 19.2 Å². The van der Waals surface area contributed by atoms with E-state index >= 15 is 0 Å². The van der Waals surface area contributed by atoms with Crippen molar-refractivity contribution in [3.63, 3.8) is 0 Å². The zero-order chi connectivity index (χ0) is 13.4. The lowest BCUT2D eigenvalue weighted by molar-refractivity contribution is 0.294. The van der Waals surface area contributed by atoms with E-state index in [1.54, 1.807) is 7.11 Å². The number of hydrogen-bond donors (Lipinski definition) is 0. The number of hydrogen-bond acceptors (Lipinski definition) is 2. The molecule has 1 rings (SSSR count). The number of benzene rings is 1. The van der Waals surface area contributed by atoms with Crippen molar-refractivity contribution in [2.45, 2.75) is 38.8 Å². The number of rotatable bonds is 8. The smallest absolute Gasteiger partial charge is 0.398 e. The van der Waals surface area contributed by atoms with Crippen molar-refractivity contribution < 1.29 is 8.85 Å². The minimum atomic E-state index is -2.06. The Balaban J connectivity index is 2.83. The van der Waals surface area contributed by atoms with Crippen LogP contribution in [-0.2, 0) is 4.43 Å². The molecule has 0 saturated heterocycles. The second-order valence-corrected chi connectivity index (χ2v) is 7.92. The van der Waals surface area contributed by atoms with Crippen LogP contribution in [-0.4, -0.2) is 15.7 Å². The van der Waals surface area contributed by atoms with E-state index in [4.69, 9.17) is 8.85 Å². The van der Waals surface area contributed by atoms with Crippen LogP contribution in [0.2, 0.25) is 12.1 Å². The van der Waals surface area contributed by atoms with Gasteiger partial charge < -0.3 is 8.85 Å². The van der Waals surface area contributed by atoms with Crippen LogP contribution in [0.25, 0.3) is 6.08 Å². The highest BCUT2D eigenvalue weighted by Gasteiger charge is 2.36. The van der Waals surface area contributed by atoms with Crippen LogP contribution in [0, 0.1) is 0 Å². The maximum atomic E-state index is 6.21. The molecular weight excluding hydrogens is 240 g/mol. The molecule has 0 saturated carbocycles. The fourth-order valence-corrected chi connectivity index (χ4v) is 5.16. The van der Waals surface area contributed by atoms with Crippen molar-refractivity contribution in [2.24, 2.45) is 0 Å². The summed E-state index contributed by atoms with van der Waals surface area (Å²) in [6, 6.07) is 10.1. The summed E-state index contributed by atoms with van der Waals surface area (Å²) in [4.78, 5) is 0. The summed E-state index contributed by atoms with van der Waals surface area (Å²) in [6.07, 6.45) is 4.04. The first-order chi connectivity index (χ1) is 8.69. The zero-order valence-electron chi connectivity index (χ0n) is 11.7. The maximum Gasteiger partial charge on any atom is 0.398 e. The highest BCUT2D eigenvalue weighted by Crippen LogP contribution is 2.25. The predicted molar refractivity (Wildman–Crippen MR) is 80.1 cm³/mol. The molecular formula is C15H24O2Si. The van der Waals surface area contributed by atoms with E-state index < -0.39 is 8.56 Å². The molecule has 0 aliphatic rings. The Labute approximate surface area is 112 Å². The third kappa shape index (κ3) is 4.00. The Bertz CT molecular complexity index is 353. The van der Waals surface area contributed by atoms with Crippen molar-refractivity contribution in [2.75, 3.05) is 7.11 Å². The second kappa shape index (κ2) is 7.39. The van der Waals surface area contributed by atoms with Gasteiger partial charge in [-0.05, 0) is 17.7 Å². The summed E-state index contributed by atoms with van der Waals surface area (Å²) in [5.74, 6) is 0.913. The highest BCUT2D eigenvalue weighted by molar-refractivity contribution is 6.68. The van der Waals surface area contributed by atoms with Crippen molar-refractivity contribution in [3.8, 4) is 5.75 Å². The van der Waals surface area contributed by atoms with Crippen LogP contribution in [0.3, 0.4) is 0 Å². The minimum Gasteiger partial charge on any atom is -0.520 e. The van der Waals surface area contributed by atoms with E-state index in [0.29, 0.717) is 0 Å². The van der Waals surface area contributed by atoms with Gasteiger partial charge in [0.15, 0.2) is 0 Å². The molecule has 0 unspecified atom stereocenters. The Morgan fingerprint density at radius 3 is 2.06 bits per heavy atom. The fourth-order valence-electron chi connectivity index (χ4n) is 2.12. The van der Waals surface area contributed by atoms with Crippen molar-refractivity contribution >= 4 is 14.6 Å².